The molecule has 0 fully saturated rings. The molecule has 0 saturated carbocycles. The van der Waals surface area contributed by atoms with Crippen LogP contribution >= 0.6 is 0 Å². The summed E-state index contributed by atoms with van der Waals surface area (Å²) in [5.74, 6) is 0.473. The summed E-state index contributed by atoms with van der Waals surface area (Å²) in [5.41, 5.74) is 1.38. The van der Waals surface area contributed by atoms with Crippen molar-refractivity contribution in [3.63, 3.8) is 0 Å². The van der Waals surface area contributed by atoms with Crippen LogP contribution in [-0.4, -0.2) is 34.5 Å². The summed E-state index contributed by atoms with van der Waals surface area (Å²) in [6.45, 7) is 5.29. The van der Waals surface area contributed by atoms with Gasteiger partial charge in [-0.25, -0.2) is 0 Å². The van der Waals surface area contributed by atoms with Crippen LogP contribution in [0.2, 0.25) is 0 Å². The number of nitrogens with zero attached hydrogens (tertiary/aromatic N) is 3. The zero-order valence-electron chi connectivity index (χ0n) is 14.2. The Morgan fingerprint density at radius 1 is 0.875 bits per heavy atom. The average molecular weight is 329 g/mol. The minimum absolute atomic E-state index is 0.263. The molecule has 0 bridgehead atoms. The fraction of sp³-hybridized carbons (Fsp3) is 0.444. The first-order valence-corrected chi connectivity index (χ1v) is 8.34. The van der Waals surface area contributed by atoms with E-state index >= 15 is 0 Å². The topological polar surface area (TPSA) is 74.2 Å². The minimum Gasteiger partial charge on any atom is -0.463 e. The van der Waals surface area contributed by atoms with Gasteiger partial charge < -0.3 is 9.47 Å². The van der Waals surface area contributed by atoms with E-state index in [-0.39, 0.29) is 12.0 Å². The van der Waals surface area contributed by atoms with Crippen LogP contribution in [0.15, 0.2) is 24.3 Å². The molecule has 24 heavy (non-hydrogen) atoms. The second-order valence-electron chi connectivity index (χ2n) is 5.37. The molecule has 6 heteroatoms. The zero-order valence-corrected chi connectivity index (χ0v) is 14.2. The summed E-state index contributed by atoms with van der Waals surface area (Å²) in [5, 5.41) is 0. The van der Waals surface area contributed by atoms with E-state index in [0.717, 1.165) is 37.5 Å². The predicted molar refractivity (Wildman–Crippen MR) is 91.5 cm³/mol. The lowest BCUT2D eigenvalue weighted by atomic mass is 10.1. The van der Waals surface area contributed by atoms with E-state index < -0.39 is 0 Å². The number of hydrogen-bond donors (Lipinski definition) is 0. The third kappa shape index (κ3) is 5.30. The molecule has 0 amide bonds. The van der Waals surface area contributed by atoms with E-state index in [1.165, 1.54) is 0 Å². The summed E-state index contributed by atoms with van der Waals surface area (Å²) < 4.78 is 11.2. The van der Waals surface area contributed by atoms with Crippen LogP contribution in [0.4, 0.5) is 0 Å². The Morgan fingerprint density at radius 2 is 1.42 bits per heavy atom. The van der Waals surface area contributed by atoms with Crippen molar-refractivity contribution in [3.8, 4) is 23.4 Å². The van der Waals surface area contributed by atoms with Gasteiger partial charge in [0.25, 0.3) is 0 Å². The van der Waals surface area contributed by atoms with Crippen LogP contribution in [0.25, 0.3) is 11.4 Å². The zero-order chi connectivity index (χ0) is 17.2. The number of hydrogen-bond acceptors (Lipinski definition) is 6. The van der Waals surface area contributed by atoms with Gasteiger partial charge in [-0.2, -0.15) is 9.97 Å². The Bertz CT molecular complexity index is 616. The monoisotopic (exact) mass is 329 g/mol. The van der Waals surface area contributed by atoms with Gasteiger partial charge in [-0.15, -0.1) is 4.98 Å². The number of rotatable bonds is 10. The Labute approximate surface area is 142 Å². The van der Waals surface area contributed by atoms with Crippen molar-refractivity contribution < 1.29 is 14.3 Å². The molecule has 2 aromatic rings. The van der Waals surface area contributed by atoms with Crippen molar-refractivity contribution >= 4 is 6.29 Å². The molecular formula is C18H23N3O3. The van der Waals surface area contributed by atoms with E-state index in [1.807, 2.05) is 0 Å². The molecule has 6 nitrogen and oxygen atoms in total. The second kappa shape index (κ2) is 9.60. The third-order valence-corrected chi connectivity index (χ3v) is 3.36. The number of aromatic nitrogens is 3. The van der Waals surface area contributed by atoms with Gasteiger partial charge in [-0.3, -0.25) is 4.79 Å². The van der Waals surface area contributed by atoms with Crippen LogP contribution in [-0.2, 0) is 0 Å². The van der Waals surface area contributed by atoms with Crippen molar-refractivity contribution in [2.24, 2.45) is 0 Å². The highest BCUT2D eigenvalue weighted by atomic mass is 16.5. The number of unbranched alkanes of at least 4 members (excludes halogenated alkanes) is 2. The predicted octanol–water partition coefficient (Wildman–Crippen LogP) is 3.71. The summed E-state index contributed by atoms with van der Waals surface area (Å²) >= 11 is 0. The smallest absolute Gasteiger partial charge is 0.323 e. The first-order chi connectivity index (χ1) is 11.8. The molecule has 128 valence electrons. The molecule has 1 aromatic heterocycles. The number of benzene rings is 1. The van der Waals surface area contributed by atoms with Gasteiger partial charge >= 0.3 is 12.0 Å². The Hall–Kier alpha value is -2.50. The fourth-order valence-corrected chi connectivity index (χ4v) is 1.92. The summed E-state index contributed by atoms with van der Waals surface area (Å²) in [6, 6.07) is 7.57. The lowest BCUT2D eigenvalue weighted by Gasteiger charge is -2.09. The van der Waals surface area contributed by atoms with Crippen LogP contribution in [0.3, 0.4) is 0 Å². The van der Waals surface area contributed by atoms with Gasteiger partial charge in [0.1, 0.15) is 6.29 Å². The van der Waals surface area contributed by atoms with E-state index in [9.17, 15) is 4.79 Å². The van der Waals surface area contributed by atoms with Gasteiger partial charge in [0.05, 0.1) is 13.2 Å². The fourth-order valence-electron chi connectivity index (χ4n) is 1.92. The standard InChI is InChI=1S/C18H23N3O3/c1-3-5-11-23-17-19-16(15-9-7-14(13-22)8-10-15)20-18(21-17)24-12-6-4-2/h7-10,13H,3-6,11-12H2,1-2H3. The SMILES string of the molecule is CCCCOc1nc(OCCCC)nc(-c2ccc(C=O)cc2)n1. The van der Waals surface area contributed by atoms with E-state index in [0.29, 0.717) is 24.6 Å². The molecule has 0 unspecified atom stereocenters. The minimum atomic E-state index is 0.263. The molecule has 0 atom stereocenters. The van der Waals surface area contributed by atoms with Gasteiger partial charge in [-0.05, 0) is 12.8 Å². The summed E-state index contributed by atoms with van der Waals surface area (Å²) in [7, 11) is 0. The number of carbonyl (C=O) groups excluding carboxylic acids is 1. The molecule has 0 spiro atoms. The van der Waals surface area contributed by atoms with Crippen LogP contribution in [0, 0.1) is 0 Å². The molecule has 0 aliphatic heterocycles. The molecule has 1 heterocycles. The molecule has 1 aromatic carbocycles. The molecule has 0 aliphatic carbocycles. The van der Waals surface area contributed by atoms with Gasteiger partial charge in [0, 0.05) is 11.1 Å². The van der Waals surface area contributed by atoms with Crippen molar-refractivity contribution in [1.29, 1.82) is 0 Å². The summed E-state index contributed by atoms with van der Waals surface area (Å²) in [4.78, 5) is 23.7. The largest absolute Gasteiger partial charge is 0.463 e. The maximum absolute atomic E-state index is 10.8. The number of aldehydes is 1. The van der Waals surface area contributed by atoms with Crippen molar-refractivity contribution in [2.75, 3.05) is 13.2 Å². The van der Waals surface area contributed by atoms with Crippen molar-refractivity contribution in [1.82, 2.24) is 15.0 Å². The average Bonchev–Trinajstić information content (AvgIpc) is 2.62. The maximum Gasteiger partial charge on any atom is 0.323 e. The van der Waals surface area contributed by atoms with E-state index in [1.54, 1.807) is 24.3 Å². The number of ether oxygens (including phenoxy) is 2. The maximum atomic E-state index is 10.8. The molecule has 2 rings (SSSR count). The first-order valence-electron chi connectivity index (χ1n) is 8.34. The number of carbonyl (C=O) groups is 1. The molecule has 0 saturated heterocycles. The van der Waals surface area contributed by atoms with Gasteiger partial charge in [0.2, 0.25) is 0 Å². The molecule has 0 N–H and O–H groups in total. The van der Waals surface area contributed by atoms with Crippen LogP contribution < -0.4 is 9.47 Å². The Balaban J connectivity index is 2.24. The van der Waals surface area contributed by atoms with E-state index in [4.69, 9.17) is 9.47 Å². The Kier molecular flexibility index (Phi) is 7.14. The first kappa shape index (κ1) is 17.8. The van der Waals surface area contributed by atoms with Crippen LogP contribution in [0.1, 0.15) is 49.9 Å². The van der Waals surface area contributed by atoms with Gasteiger partial charge in [0.15, 0.2) is 5.82 Å². The quantitative estimate of drug-likeness (QED) is 0.488. The van der Waals surface area contributed by atoms with Crippen molar-refractivity contribution in [2.45, 2.75) is 39.5 Å². The molecule has 0 aliphatic rings. The Morgan fingerprint density at radius 3 is 1.88 bits per heavy atom. The molecular weight excluding hydrogens is 306 g/mol. The molecule has 0 radical (unpaired) electrons. The third-order valence-electron chi connectivity index (χ3n) is 3.36. The normalized spacial score (nSPS) is 10.4. The lowest BCUT2D eigenvalue weighted by molar-refractivity contribution is 0.112. The highest BCUT2D eigenvalue weighted by Gasteiger charge is 2.11. The van der Waals surface area contributed by atoms with E-state index in [2.05, 4.69) is 28.8 Å². The van der Waals surface area contributed by atoms with Crippen molar-refractivity contribution in [3.05, 3.63) is 29.8 Å². The van der Waals surface area contributed by atoms with Gasteiger partial charge in [-0.1, -0.05) is 51.0 Å². The highest BCUT2D eigenvalue weighted by molar-refractivity contribution is 5.76. The highest BCUT2D eigenvalue weighted by Crippen LogP contribution is 2.20. The second-order valence-corrected chi connectivity index (χ2v) is 5.37. The lowest BCUT2D eigenvalue weighted by Crippen LogP contribution is -2.07. The summed E-state index contributed by atoms with van der Waals surface area (Å²) in [6.07, 6.45) is 4.73. The van der Waals surface area contributed by atoms with Crippen LogP contribution in [0.5, 0.6) is 12.0 Å².